The van der Waals surface area contributed by atoms with E-state index in [1.165, 1.54) is 44.3 Å². The maximum Gasteiger partial charge on any atom is 0.0480 e. The molecule has 0 amide bonds. The van der Waals surface area contributed by atoms with Gasteiger partial charge in [-0.2, -0.15) is 11.8 Å². The van der Waals surface area contributed by atoms with Crippen LogP contribution in [0, 0.1) is 0 Å². The lowest BCUT2D eigenvalue weighted by Gasteiger charge is -2.33. The molecule has 1 aliphatic carbocycles. The normalized spacial score (nSPS) is 32.8. The summed E-state index contributed by atoms with van der Waals surface area (Å²) in [7, 11) is 0. The van der Waals surface area contributed by atoms with Crippen LogP contribution in [-0.2, 0) is 4.74 Å². The molecule has 0 bridgehead atoms. The third-order valence-corrected chi connectivity index (χ3v) is 4.95. The Hall–Kier alpha value is 0.270. The Morgan fingerprint density at radius 2 is 1.94 bits per heavy atom. The minimum Gasteiger partial charge on any atom is -0.381 e. The molecule has 1 saturated heterocycles. The van der Waals surface area contributed by atoms with Crippen molar-refractivity contribution in [3.05, 3.63) is 0 Å². The molecule has 2 aliphatic rings. The van der Waals surface area contributed by atoms with E-state index in [1.807, 2.05) is 0 Å². The number of hydrogen-bond acceptors (Lipinski definition) is 3. The summed E-state index contributed by atoms with van der Waals surface area (Å²) in [6.07, 6.45) is 8.04. The summed E-state index contributed by atoms with van der Waals surface area (Å²) in [6, 6.07) is 1.50. The van der Waals surface area contributed by atoms with Crippen LogP contribution in [0.1, 0.15) is 45.4 Å². The Bertz CT molecular complexity index is 192. The Labute approximate surface area is 104 Å². The highest BCUT2D eigenvalue weighted by Gasteiger charge is 2.24. The topological polar surface area (TPSA) is 21.3 Å². The monoisotopic (exact) mass is 243 g/mol. The van der Waals surface area contributed by atoms with Gasteiger partial charge >= 0.3 is 0 Å². The van der Waals surface area contributed by atoms with Crippen molar-refractivity contribution >= 4 is 11.8 Å². The molecule has 0 spiro atoms. The molecule has 1 saturated carbocycles. The predicted octanol–water partition coefficient (Wildman–Crippen LogP) is 2.82. The van der Waals surface area contributed by atoms with Gasteiger partial charge in [0.05, 0.1) is 0 Å². The molecule has 2 atom stereocenters. The Morgan fingerprint density at radius 1 is 1.12 bits per heavy atom. The van der Waals surface area contributed by atoms with Gasteiger partial charge < -0.3 is 10.1 Å². The van der Waals surface area contributed by atoms with Crippen molar-refractivity contribution in [1.82, 2.24) is 5.32 Å². The number of ether oxygens (including phenoxy) is 1. The Morgan fingerprint density at radius 3 is 2.69 bits per heavy atom. The Balaban J connectivity index is 1.71. The fraction of sp³-hybridized carbons (Fsp3) is 1.00. The van der Waals surface area contributed by atoms with E-state index in [-0.39, 0.29) is 0 Å². The second-order valence-electron chi connectivity index (χ2n) is 4.99. The maximum absolute atomic E-state index is 5.40. The molecule has 2 rings (SSSR count). The first kappa shape index (κ1) is 12.7. The van der Waals surface area contributed by atoms with Crippen LogP contribution in [0.5, 0.6) is 0 Å². The summed E-state index contributed by atoms with van der Waals surface area (Å²) in [5, 5.41) is 4.77. The molecule has 2 fully saturated rings. The summed E-state index contributed by atoms with van der Waals surface area (Å²) in [5.41, 5.74) is 0. The number of hydrogen-bond donors (Lipinski definition) is 1. The summed E-state index contributed by atoms with van der Waals surface area (Å²) in [5.74, 6) is 1.27. The first-order valence-electron chi connectivity index (χ1n) is 6.84. The molecule has 0 radical (unpaired) electrons. The zero-order chi connectivity index (χ0) is 11.2. The van der Waals surface area contributed by atoms with E-state index in [4.69, 9.17) is 4.74 Å². The van der Waals surface area contributed by atoms with Gasteiger partial charge in [-0.15, -0.1) is 0 Å². The van der Waals surface area contributed by atoms with E-state index in [0.717, 1.165) is 30.5 Å². The lowest BCUT2D eigenvalue weighted by molar-refractivity contribution is 0.0733. The van der Waals surface area contributed by atoms with Crippen molar-refractivity contribution in [1.29, 1.82) is 0 Å². The lowest BCUT2D eigenvalue weighted by Crippen LogP contribution is -2.44. The summed E-state index contributed by atoms with van der Waals surface area (Å²) < 4.78 is 5.40. The van der Waals surface area contributed by atoms with Gasteiger partial charge in [-0.1, -0.05) is 13.3 Å². The van der Waals surface area contributed by atoms with Gasteiger partial charge in [-0.25, -0.2) is 0 Å². The predicted molar refractivity (Wildman–Crippen MR) is 71.2 cm³/mol. The van der Waals surface area contributed by atoms with E-state index in [2.05, 4.69) is 24.0 Å². The molecule has 1 heterocycles. The fourth-order valence-electron chi connectivity index (χ4n) is 2.88. The van der Waals surface area contributed by atoms with Crippen LogP contribution in [-0.4, -0.2) is 36.3 Å². The average molecular weight is 243 g/mol. The molecule has 1 aliphatic heterocycles. The molecule has 3 heteroatoms. The van der Waals surface area contributed by atoms with Crippen LogP contribution < -0.4 is 5.32 Å². The highest BCUT2D eigenvalue weighted by Crippen LogP contribution is 2.29. The van der Waals surface area contributed by atoms with Gasteiger partial charge in [0.15, 0.2) is 0 Å². The maximum atomic E-state index is 5.40. The molecular weight excluding hydrogens is 218 g/mol. The molecule has 0 aromatic heterocycles. The zero-order valence-corrected chi connectivity index (χ0v) is 11.2. The molecule has 16 heavy (non-hydrogen) atoms. The smallest absolute Gasteiger partial charge is 0.0480 e. The van der Waals surface area contributed by atoms with Gasteiger partial charge in [0.25, 0.3) is 0 Å². The SMILES string of the molecule is CCSC1CCCC(NC2CCOCC2)C1. The molecule has 2 unspecified atom stereocenters. The highest BCUT2D eigenvalue weighted by molar-refractivity contribution is 7.99. The second-order valence-corrected chi connectivity index (χ2v) is 6.57. The zero-order valence-electron chi connectivity index (χ0n) is 10.4. The van der Waals surface area contributed by atoms with Gasteiger partial charge in [0.2, 0.25) is 0 Å². The van der Waals surface area contributed by atoms with Crippen LogP contribution in [0.3, 0.4) is 0 Å². The highest BCUT2D eigenvalue weighted by atomic mass is 32.2. The number of thioether (sulfide) groups is 1. The molecular formula is C13H25NOS. The Kier molecular flexibility index (Phi) is 5.46. The van der Waals surface area contributed by atoms with Gasteiger partial charge in [0.1, 0.15) is 0 Å². The van der Waals surface area contributed by atoms with Crippen molar-refractivity contribution in [3.63, 3.8) is 0 Å². The van der Waals surface area contributed by atoms with E-state index >= 15 is 0 Å². The summed E-state index contributed by atoms with van der Waals surface area (Å²) in [6.45, 7) is 4.19. The number of nitrogens with one attached hydrogen (secondary N) is 1. The molecule has 0 aromatic rings. The standard InChI is InChI=1S/C13H25NOS/c1-2-16-13-5-3-4-12(10-13)14-11-6-8-15-9-7-11/h11-14H,2-10H2,1H3. The van der Waals surface area contributed by atoms with Crippen molar-refractivity contribution in [2.75, 3.05) is 19.0 Å². The molecule has 1 N–H and O–H groups in total. The van der Waals surface area contributed by atoms with Crippen LogP contribution in [0.15, 0.2) is 0 Å². The molecule has 94 valence electrons. The minimum atomic E-state index is 0.726. The van der Waals surface area contributed by atoms with E-state index in [9.17, 15) is 0 Å². The van der Waals surface area contributed by atoms with Crippen molar-refractivity contribution in [2.24, 2.45) is 0 Å². The lowest BCUT2D eigenvalue weighted by atomic mass is 9.93. The molecule has 2 nitrogen and oxygen atoms in total. The van der Waals surface area contributed by atoms with E-state index in [0.29, 0.717) is 0 Å². The van der Waals surface area contributed by atoms with E-state index < -0.39 is 0 Å². The third-order valence-electron chi connectivity index (χ3n) is 3.72. The average Bonchev–Trinajstić information content (AvgIpc) is 2.31. The molecule has 0 aromatic carbocycles. The summed E-state index contributed by atoms with van der Waals surface area (Å²) >= 11 is 2.15. The fourth-order valence-corrected chi connectivity index (χ4v) is 4.05. The van der Waals surface area contributed by atoms with Crippen molar-refractivity contribution in [2.45, 2.75) is 62.8 Å². The summed E-state index contributed by atoms with van der Waals surface area (Å²) in [4.78, 5) is 0. The van der Waals surface area contributed by atoms with Crippen LogP contribution in [0.25, 0.3) is 0 Å². The van der Waals surface area contributed by atoms with Gasteiger partial charge in [-0.05, 0) is 37.9 Å². The minimum absolute atomic E-state index is 0.726. The number of rotatable bonds is 4. The van der Waals surface area contributed by atoms with Gasteiger partial charge in [-0.3, -0.25) is 0 Å². The third kappa shape index (κ3) is 3.94. The van der Waals surface area contributed by atoms with Crippen LogP contribution in [0.4, 0.5) is 0 Å². The first-order chi connectivity index (χ1) is 7.88. The largest absolute Gasteiger partial charge is 0.381 e. The van der Waals surface area contributed by atoms with Crippen molar-refractivity contribution in [3.8, 4) is 0 Å². The van der Waals surface area contributed by atoms with E-state index in [1.54, 1.807) is 0 Å². The second kappa shape index (κ2) is 6.87. The first-order valence-corrected chi connectivity index (χ1v) is 7.88. The van der Waals surface area contributed by atoms with Crippen molar-refractivity contribution < 1.29 is 4.74 Å². The quantitative estimate of drug-likeness (QED) is 0.820. The van der Waals surface area contributed by atoms with Crippen LogP contribution >= 0.6 is 11.8 Å². The van der Waals surface area contributed by atoms with Gasteiger partial charge in [0, 0.05) is 30.5 Å². The van der Waals surface area contributed by atoms with Crippen LogP contribution in [0.2, 0.25) is 0 Å².